The zero-order chi connectivity index (χ0) is 9.72. The molecule has 0 spiro atoms. The van der Waals surface area contributed by atoms with Crippen molar-refractivity contribution in [2.45, 2.75) is 13.8 Å². The molecule has 0 bridgehead atoms. The highest BCUT2D eigenvalue weighted by Gasteiger charge is 2.02. The van der Waals surface area contributed by atoms with E-state index in [1.54, 1.807) is 0 Å². The maximum atomic E-state index is 10.4. The van der Waals surface area contributed by atoms with E-state index in [-0.39, 0.29) is 0 Å². The Labute approximate surface area is 69.8 Å². The van der Waals surface area contributed by atoms with E-state index >= 15 is 0 Å². The SMILES string of the molecule is CC(=O)/C=C(O)/C(O)=C/C(C)=O. The van der Waals surface area contributed by atoms with Crippen LogP contribution in [0.4, 0.5) is 0 Å². The van der Waals surface area contributed by atoms with E-state index in [2.05, 4.69) is 0 Å². The van der Waals surface area contributed by atoms with Crippen molar-refractivity contribution >= 4 is 11.6 Å². The molecule has 0 saturated heterocycles. The second-order valence-corrected chi connectivity index (χ2v) is 2.28. The van der Waals surface area contributed by atoms with Gasteiger partial charge in [-0.1, -0.05) is 0 Å². The summed E-state index contributed by atoms with van der Waals surface area (Å²) in [5, 5.41) is 17.8. The van der Waals surface area contributed by atoms with E-state index in [1.165, 1.54) is 13.8 Å². The first-order chi connectivity index (χ1) is 5.43. The molecule has 0 fully saturated rings. The Kier molecular flexibility index (Phi) is 3.76. The van der Waals surface area contributed by atoms with E-state index in [9.17, 15) is 9.59 Å². The molecule has 0 atom stereocenters. The van der Waals surface area contributed by atoms with Crippen molar-refractivity contribution in [3.8, 4) is 0 Å². The molecule has 0 radical (unpaired) electrons. The molecule has 4 nitrogen and oxygen atoms in total. The highest BCUT2D eigenvalue weighted by molar-refractivity contribution is 5.90. The van der Waals surface area contributed by atoms with Crippen LogP contribution in [0.25, 0.3) is 0 Å². The summed E-state index contributed by atoms with van der Waals surface area (Å²) in [7, 11) is 0. The van der Waals surface area contributed by atoms with E-state index in [1.807, 2.05) is 0 Å². The van der Waals surface area contributed by atoms with Gasteiger partial charge in [-0.3, -0.25) is 9.59 Å². The van der Waals surface area contributed by atoms with Crippen molar-refractivity contribution in [1.82, 2.24) is 0 Å². The fourth-order valence-electron chi connectivity index (χ4n) is 0.533. The van der Waals surface area contributed by atoms with Gasteiger partial charge < -0.3 is 10.2 Å². The molecular weight excluding hydrogens is 160 g/mol. The Balaban J connectivity index is 4.59. The number of allylic oxidation sites excluding steroid dienone is 2. The molecule has 0 rings (SSSR count). The highest BCUT2D eigenvalue weighted by Crippen LogP contribution is 2.01. The summed E-state index contributed by atoms with van der Waals surface area (Å²) in [6.07, 6.45) is 1.66. The fourth-order valence-corrected chi connectivity index (χ4v) is 0.533. The third-order valence-corrected chi connectivity index (χ3v) is 0.942. The predicted molar refractivity (Wildman–Crippen MR) is 42.8 cm³/mol. The lowest BCUT2D eigenvalue weighted by Gasteiger charge is -1.95. The molecule has 0 aliphatic heterocycles. The van der Waals surface area contributed by atoms with Gasteiger partial charge >= 0.3 is 0 Å². The van der Waals surface area contributed by atoms with Crippen molar-refractivity contribution in [2.75, 3.05) is 0 Å². The Morgan fingerprint density at radius 1 is 0.917 bits per heavy atom. The fraction of sp³-hybridized carbons (Fsp3) is 0.250. The van der Waals surface area contributed by atoms with Crippen LogP contribution in [0.2, 0.25) is 0 Å². The summed E-state index contributed by atoms with van der Waals surface area (Å²) >= 11 is 0. The van der Waals surface area contributed by atoms with Gasteiger partial charge in [0.15, 0.2) is 23.1 Å². The topological polar surface area (TPSA) is 74.6 Å². The van der Waals surface area contributed by atoms with Gasteiger partial charge in [-0.2, -0.15) is 0 Å². The minimum atomic E-state index is -0.599. The summed E-state index contributed by atoms with van der Waals surface area (Å²) in [6, 6.07) is 0. The second-order valence-electron chi connectivity index (χ2n) is 2.28. The minimum Gasteiger partial charge on any atom is -0.504 e. The average Bonchev–Trinajstić information content (AvgIpc) is 1.84. The molecule has 12 heavy (non-hydrogen) atoms. The van der Waals surface area contributed by atoms with Crippen molar-refractivity contribution in [3.63, 3.8) is 0 Å². The first kappa shape index (κ1) is 10.4. The molecular formula is C8H10O4. The summed E-state index contributed by atoms with van der Waals surface area (Å²) < 4.78 is 0. The van der Waals surface area contributed by atoms with Gasteiger partial charge in [0.25, 0.3) is 0 Å². The molecule has 0 aromatic rings. The van der Waals surface area contributed by atoms with E-state index < -0.39 is 23.1 Å². The van der Waals surface area contributed by atoms with E-state index in [0.29, 0.717) is 0 Å². The average molecular weight is 170 g/mol. The van der Waals surface area contributed by atoms with Gasteiger partial charge in [-0.05, 0) is 13.8 Å². The molecule has 0 amide bonds. The van der Waals surface area contributed by atoms with Crippen molar-refractivity contribution in [1.29, 1.82) is 0 Å². The van der Waals surface area contributed by atoms with Crippen LogP contribution in [0.5, 0.6) is 0 Å². The van der Waals surface area contributed by atoms with Crippen molar-refractivity contribution < 1.29 is 19.8 Å². The summed E-state index contributed by atoms with van der Waals surface area (Å²) in [5.74, 6) is -2.01. The molecule has 0 heterocycles. The molecule has 0 aliphatic rings. The lowest BCUT2D eigenvalue weighted by molar-refractivity contribution is -0.113. The Bertz CT molecular complexity index is 232. The largest absolute Gasteiger partial charge is 0.504 e. The highest BCUT2D eigenvalue weighted by atomic mass is 16.3. The maximum Gasteiger partial charge on any atom is 0.161 e. The van der Waals surface area contributed by atoms with Gasteiger partial charge in [0.05, 0.1) is 0 Å². The molecule has 0 unspecified atom stereocenters. The lowest BCUT2D eigenvalue weighted by atomic mass is 10.3. The predicted octanol–water partition coefficient (Wildman–Crippen LogP) is 1.05. The third-order valence-electron chi connectivity index (χ3n) is 0.942. The smallest absolute Gasteiger partial charge is 0.161 e. The zero-order valence-electron chi connectivity index (χ0n) is 6.87. The monoisotopic (exact) mass is 170 g/mol. The van der Waals surface area contributed by atoms with Crippen LogP contribution in [-0.2, 0) is 9.59 Å². The van der Waals surface area contributed by atoms with E-state index in [0.717, 1.165) is 12.2 Å². The van der Waals surface area contributed by atoms with Crippen LogP contribution in [-0.4, -0.2) is 21.8 Å². The van der Waals surface area contributed by atoms with Crippen LogP contribution in [0, 0.1) is 0 Å². The Hall–Kier alpha value is -1.58. The number of hydrogen-bond donors (Lipinski definition) is 2. The number of aliphatic hydroxyl groups excluding tert-OH is 2. The Morgan fingerprint density at radius 2 is 1.17 bits per heavy atom. The van der Waals surface area contributed by atoms with Gasteiger partial charge in [-0.15, -0.1) is 0 Å². The standard InChI is InChI=1S/C8H10O4/c1-5(9)3-7(11)8(12)4-6(2)10/h3-4,11-12H,1-2H3/b7-3-,8-4-. The third kappa shape index (κ3) is 4.27. The number of carbonyl (C=O) groups is 2. The molecule has 0 aromatic heterocycles. The number of hydrogen-bond acceptors (Lipinski definition) is 4. The summed E-state index contributed by atoms with van der Waals surface area (Å²) in [5.41, 5.74) is 0. The van der Waals surface area contributed by atoms with Gasteiger partial charge in [0, 0.05) is 12.2 Å². The van der Waals surface area contributed by atoms with Crippen LogP contribution >= 0.6 is 0 Å². The van der Waals surface area contributed by atoms with E-state index in [4.69, 9.17) is 10.2 Å². The second kappa shape index (κ2) is 4.33. The number of carbonyl (C=O) groups excluding carboxylic acids is 2. The van der Waals surface area contributed by atoms with Crippen molar-refractivity contribution in [3.05, 3.63) is 23.7 Å². The minimum absolute atomic E-state index is 0.406. The first-order valence-corrected chi connectivity index (χ1v) is 3.26. The van der Waals surface area contributed by atoms with Crippen LogP contribution in [0.15, 0.2) is 23.7 Å². The maximum absolute atomic E-state index is 10.4. The zero-order valence-corrected chi connectivity index (χ0v) is 6.87. The van der Waals surface area contributed by atoms with Gasteiger partial charge in [0.2, 0.25) is 0 Å². The van der Waals surface area contributed by atoms with Crippen LogP contribution < -0.4 is 0 Å². The number of aliphatic hydroxyl groups is 2. The molecule has 0 aromatic carbocycles. The first-order valence-electron chi connectivity index (χ1n) is 3.26. The van der Waals surface area contributed by atoms with Gasteiger partial charge in [0.1, 0.15) is 0 Å². The number of rotatable bonds is 3. The lowest BCUT2D eigenvalue weighted by Crippen LogP contribution is -1.95. The van der Waals surface area contributed by atoms with Crippen LogP contribution in [0.1, 0.15) is 13.8 Å². The molecule has 4 heteroatoms. The normalized spacial score (nSPS) is 12.8. The quantitative estimate of drug-likeness (QED) is 0.377. The molecule has 0 aliphatic carbocycles. The summed E-state index contributed by atoms with van der Waals surface area (Å²) in [6.45, 7) is 2.44. The van der Waals surface area contributed by atoms with Crippen molar-refractivity contribution in [2.24, 2.45) is 0 Å². The van der Waals surface area contributed by atoms with Crippen LogP contribution in [0.3, 0.4) is 0 Å². The number of ketones is 2. The molecule has 66 valence electrons. The van der Waals surface area contributed by atoms with Gasteiger partial charge in [-0.25, -0.2) is 0 Å². The summed E-state index contributed by atoms with van der Waals surface area (Å²) in [4.78, 5) is 20.8. The molecule has 2 N–H and O–H groups in total. The Morgan fingerprint density at radius 3 is 1.33 bits per heavy atom. The molecule has 0 saturated carbocycles.